The molecular weight excluding hydrogens is 321 g/mol. The number of aromatic nitrogens is 1. The average molecular weight is 331 g/mol. The predicted molar refractivity (Wildman–Crippen MR) is 73.8 cm³/mol. The number of thiazole rings is 1. The SMILES string of the molecule is CN(Cc1cscn1)S(=O)(=O)c1cccc(F)c1[N+](=O)[O-]. The van der Waals surface area contributed by atoms with Crippen LogP contribution in [0.15, 0.2) is 34.0 Å². The van der Waals surface area contributed by atoms with E-state index >= 15 is 0 Å². The Hall–Kier alpha value is -1.91. The molecular formula is C11H10FN3O4S2. The molecule has 0 aliphatic carbocycles. The summed E-state index contributed by atoms with van der Waals surface area (Å²) in [5.74, 6) is -1.19. The van der Waals surface area contributed by atoms with Crippen molar-refractivity contribution < 1.29 is 17.7 Å². The first kappa shape index (κ1) is 15.5. The number of nitro groups is 1. The summed E-state index contributed by atoms with van der Waals surface area (Å²) in [6.45, 7) is -0.0561. The minimum atomic E-state index is -4.20. The topological polar surface area (TPSA) is 93.4 Å². The van der Waals surface area contributed by atoms with Crippen molar-refractivity contribution in [1.29, 1.82) is 0 Å². The second kappa shape index (κ2) is 5.84. The highest BCUT2D eigenvalue weighted by molar-refractivity contribution is 7.89. The molecule has 0 bridgehead atoms. The van der Waals surface area contributed by atoms with Gasteiger partial charge in [0.15, 0.2) is 4.90 Å². The van der Waals surface area contributed by atoms with Crippen LogP contribution in [-0.2, 0) is 16.6 Å². The third-order valence-corrected chi connectivity index (χ3v) is 5.16. The van der Waals surface area contributed by atoms with Crippen LogP contribution in [0.25, 0.3) is 0 Å². The van der Waals surface area contributed by atoms with E-state index in [9.17, 15) is 22.9 Å². The summed E-state index contributed by atoms with van der Waals surface area (Å²) in [5.41, 5.74) is 0.994. The van der Waals surface area contributed by atoms with E-state index in [0.717, 1.165) is 22.5 Å². The lowest BCUT2D eigenvalue weighted by Gasteiger charge is -2.16. The molecule has 0 saturated heterocycles. The monoisotopic (exact) mass is 331 g/mol. The Morgan fingerprint density at radius 2 is 2.19 bits per heavy atom. The van der Waals surface area contributed by atoms with Crippen LogP contribution in [0.1, 0.15) is 5.69 Å². The first-order chi connectivity index (χ1) is 9.84. The minimum absolute atomic E-state index is 0.0561. The van der Waals surface area contributed by atoms with E-state index in [1.54, 1.807) is 10.9 Å². The number of halogens is 1. The van der Waals surface area contributed by atoms with Crippen LogP contribution in [0, 0.1) is 15.9 Å². The van der Waals surface area contributed by atoms with Crippen LogP contribution in [0.2, 0.25) is 0 Å². The Balaban J connectivity index is 2.44. The van der Waals surface area contributed by atoms with Gasteiger partial charge in [0.05, 0.1) is 22.7 Å². The van der Waals surface area contributed by atoms with Gasteiger partial charge in [-0.25, -0.2) is 13.4 Å². The Morgan fingerprint density at radius 1 is 1.48 bits per heavy atom. The molecule has 0 atom stereocenters. The van der Waals surface area contributed by atoms with Crippen molar-refractivity contribution in [3.63, 3.8) is 0 Å². The first-order valence-corrected chi connectivity index (χ1v) is 7.98. The van der Waals surface area contributed by atoms with Crippen LogP contribution in [0.4, 0.5) is 10.1 Å². The molecule has 10 heteroatoms. The number of para-hydroxylation sites is 1. The number of hydrogen-bond acceptors (Lipinski definition) is 6. The van der Waals surface area contributed by atoms with Crippen LogP contribution < -0.4 is 0 Å². The normalized spacial score (nSPS) is 11.8. The third-order valence-electron chi connectivity index (χ3n) is 2.69. The summed E-state index contributed by atoms with van der Waals surface area (Å²) < 4.78 is 39.2. The van der Waals surface area contributed by atoms with Gasteiger partial charge in [-0.05, 0) is 12.1 Å². The number of benzene rings is 1. The smallest absolute Gasteiger partial charge is 0.258 e. The summed E-state index contributed by atoms with van der Waals surface area (Å²) in [4.78, 5) is 13.1. The third kappa shape index (κ3) is 3.06. The van der Waals surface area contributed by atoms with Gasteiger partial charge in [-0.15, -0.1) is 11.3 Å². The van der Waals surface area contributed by atoms with Gasteiger partial charge in [0, 0.05) is 12.4 Å². The lowest BCUT2D eigenvalue weighted by molar-refractivity contribution is -0.390. The Labute approximate surface area is 123 Å². The Kier molecular flexibility index (Phi) is 4.30. The van der Waals surface area contributed by atoms with E-state index in [-0.39, 0.29) is 6.54 Å². The van der Waals surface area contributed by atoms with Gasteiger partial charge in [-0.3, -0.25) is 10.1 Å². The summed E-state index contributed by atoms with van der Waals surface area (Å²) in [6, 6.07) is 2.97. The molecule has 2 rings (SSSR count). The van der Waals surface area contributed by atoms with Crippen LogP contribution in [0.5, 0.6) is 0 Å². The van der Waals surface area contributed by atoms with Crippen molar-refractivity contribution in [2.45, 2.75) is 11.4 Å². The van der Waals surface area contributed by atoms with Crippen LogP contribution >= 0.6 is 11.3 Å². The molecule has 0 saturated carbocycles. The second-order valence-electron chi connectivity index (χ2n) is 4.08. The van der Waals surface area contributed by atoms with E-state index in [4.69, 9.17) is 0 Å². The lowest BCUT2D eigenvalue weighted by Crippen LogP contribution is -2.27. The predicted octanol–water partition coefficient (Wildman–Crippen LogP) is 2.01. The molecule has 0 radical (unpaired) electrons. The minimum Gasteiger partial charge on any atom is -0.258 e. The molecule has 0 fully saturated rings. The van der Waals surface area contributed by atoms with Crippen molar-refractivity contribution in [2.75, 3.05) is 7.05 Å². The van der Waals surface area contributed by atoms with Crippen molar-refractivity contribution >= 4 is 27.0 Å². The highest BCUT2D eigenvalue weighted by Crippen LogP contribution is 2.29. The highest BCUT2D eigenvalue weighted by atomic mass is 32.2. The number of sulfonamides is 1. The molecule has 1 aromatic carbocycles. The molecule has 2 aromatic rings. The van der Waals surface area contributed by atoms with Crippen molar-refractivity contribution in [3.05, 3.63) is 50.7 Å². The first-order valence-electron chi connectivity index (χ1n) is 5.60. The summed E-state index contributed by atoms with van der Waals surface area (Å²) in [5, 5.41) is 12.6. The molecule has 0 spiro atoms. The standard InChI is InChI=1S/C11H10FN3O4S2/c1-14(5-8-6-20-7-13-8)21(18,19)10-4-2-3-9(12)11(10)15(16)17/h2-4,6-7H,5H2,1H3. The molecule has 0 N–H and O–H groups in total. The lowest BCUT2D eigenvalue weighted by atomic mass is 10.3. The van der Waals surface area contributed by atoms with Gasteiger partial charge < -0.3 is 0 Å². The Morgan fingerprint density at radius 3 is 2.76 bits per heavy atom. The maximum Gasteiger partial charge on any atom is 0.324 e. The molecule has 112 valence electrons. The quantitative estimate of drug-likeness (QED) is 0.617. The zero-order chi connectivity index (χ0) is 15.6. The van der Waals surface area contributed by atoms with E-state index in [1.165, 1.54) is 18.4 Å². The molecule has 0 unspecified atom stereocenters. The van der Waals surface area contributed by atoms with Gasteiger partial charge in [0.25, 0.3) is 0 Å². The van der Waals surface area contributed by atoms with Gasteiger partial charge in [-0.1, -0.05) is 6.07 Å². The fourth-order valence-electron chi connectivity index (χ4n) is 1.68. The number of rotatable bonds is 5. The maximum absolute atomic E-state index is 13.5. The van der Waals surface area contributed by atoms with Crippen LogP contribution in [0.3, 0.4) is 0 Å². The van der Waals surface area contributed by atoms with E-state index in [1.807, 2.05) is 0 Å². The Bertz CT molecular complexity index is 762. The van der Waals surface area contributed by atoms with Crippen molar-refractivity contribution in [1.82, 2.24) is 9.29 Å². The van der Waals surface area contributed by atoms with Gasteiger partial charge in [0.1, 0.15) is 0 Å². The average Bonchev–Trinajstić information content (AvgIpc) is 2.90. The van der Waals surface area contributed by atoms with E-state index in [0.29, 0.717) is 5.69 Å². The summed E-state index contributed by atoms with van der Waals surface area (Å²) >= 11 is 1.30. The van der Waals surface area contributed by atoms with E-state index in [2.05, 4.69) is 4.98 Å². The molecule has 7 nitrogen and oxygen atoms in total. The fourth-order valence-corrected chi connectivity index (χ4v) is 3.53. The maximum atomic E-state index is 13.5. The number of nitro benzene ring substituents is 1. The highest BCUT2D eigenvalue weighted by Gasteiger charge is 2.32. The molecule has 1 heterocycles. The van der Waals surface area contributed by atoms with Crippen molar-refractivity contribution in [2.24, 2.45) is 0 Å². The second-order valence-corrected chi connectivity index (χ2v) is 6.82. The summed E-state index contributed by atoms with van der Waals surface area (Å²) in [7, 11) is -2.94. The zero-order valence-electron chi connectivity index (χ0n) is 10.8. The zero-order valence-corrected chi connectivity index (χ0v) is 12.4. The van der Waals surface area contributed by atoms with Crippen LogP contribution in [-0.4, -0.2) is 29.7 Å². The van der Waals surface area contributed by atoms with Gasteiger partial charge in [0.2, 0.25) is 15.8 Å². The van der Waals surface area contributed by atoms with Crippen molar-refractivity contribution in [3.8, 4) is 0 Å². The molecule has 0 amide bonds. The fraction of sp³-hybridized carbons (Fsp3) is 0.182. The van der Waals surface area contributed by atoms with Gasteiger partial charge in [-0.2, -0.15) is 8.70 Å². The van der Waals surface area contributed by atoms with Gasteiger partial charge >= 0.3 is 5.69 Å². The summed E-state index contributed by atoms with van der Waals surface area (Å²) in [6.07, 6.45) is 0. The molecule has 1 aromatic heterocycles. The molecule has 0 aliphatic rings. The largest absolute Gasteiger partial charge is 0.324 e. The van der Waals surface area contributed by atoms with E-state index < -0.39 is 31.3 Å². The molecule has 0 aliphatic heterocycles. The molecule has 21 heavy (non-hydrogen) atoms. The number of nitrogens with zero attached hydrogens (tertiary/aromatic N) is 3. The number of hydrogen-bond donors (Lipinski definition) is 0.